The summed E-state index contributed by atoms with van der Waals surface area (Å²) in [5, 5.41) is 5.52. The number of thioether (sulfide) groups is 2. The molecule has 1 N–H and O–H groups in total. The molecule has 0 aromatic carbocycles. The van der Waals surface area contributed by atoms with Gasteiger partial charge in [0.1, 0.15) is 5.82 Å². The van der Waals surface area contributed by atoms with Crippen molar-refractivity contribution in [2.24, 2.45) is 7.05 Å². The molecule has 1 aromatic heterocycles. The van der Waals surface area contributed by atoms with Crippen LogP contribution in [0.2, 0.25) is 0 Å². The second-order valence-electron chi connectivity index (χ2n) is 4.58. The molecule has 1 aromatic rings. The minimum Gasteiger partial charge on any atom is -0.337 e. The molecule has 2 heterocycles. The van der Waals surface area contributed by atoms with Crippen molar-refractivity contribution in [2.45, 2.75) is 35.6 Å². The van der Waals surface area contributed by atoms with E-state index in [1.165, 1.54) is 5.75 Å². The molecule has 0 amide bonds. The summed E-state index contributed by atoms with van der Waals surface area (Å²) >= 11 is 4.18. The van der Waals surface area contributed by atoms with Gasteiger partial charge in [-0.2, -0.15) is 23.5 Å². The Morgan fingerprint density at radius 1 is 1.47 bits per heavy atom. The molecule has 4 unspecified atom stereocenters. The maximum atomic E-state index is 4.48. The Kier molecular flexibility index (Phi) is 4.44. The lowest BCUT2D eigenvalue weighted by atomic mass is 10.2. The smallest absolute Gasteiger partial charge is 0.126 e. The summed E-state index contributed by atoms with van der Waals surface area (Å²) in [6, 6.07) is 0.349. The lowest BCUT2D eigenvalue weighted by Crippen LogP contribution is -2.37. The molecular formula is C12H21N3S2. The number of rotatable bonds is 3. The predicted molar refractivity (Wildman–Crippen MR) is 77.8 cm³/mol. The second-order valence-corrected chi connectivity index (χ2v) is 7.61. The molecule has 2 rings (SSSR count). The van der Waals surface area contributed by atoms with Gasteiger partial charge in [-0.15, -0.1) is 0 Å². The zero-order valence-corrected chi connectivity index (χ0v) is 12.5. The molecule has 96 valence electrons. The van der Waals surface area contributed by atoms with Crippen molar-refractivity contribution < 1.29 is 0 Å². The first-order chi connectivity index (χ1) is 8.13. The number of nitrogens with zero attached hydrogens (tertiary/aromatic N) is 2. The fourth-order valence-electron chi connectivity index (χ4n) is 2.14. The van der Waals surface area contributed by atoms with Gasteiger partial charge in [-0.1, -0.05) is 13.8 Å². The number of nitrogens with one attached hydrogen (secondary N) is 1. The van der Waals surface area contributed by atoms with Gasteiger partial charge in [-0.3, -0.25) is 0 Å². The van der Waals surface area contributed by atoms with Gasteiger partial charge in [0.15, 0.2) is 0 Å². The summed E-state index contributed by atoms with van der Waals surface area (Å²) in [5.41, 5.74) is 0. The summed E-state index contributed by atoms with van der Waals surface area (Å²) in [5.74, 6) is 2.35. The van der Waals surface area contributed by atoms with E-state index in [0.717, 1.165) is 16.3 Å². The molecule has 17 heavy (non-hydrogen) atoms. The van der Waals surface area contributed by atoms with Crippen molar-refractivity contribution in [3.63, 3.8) is 0 Å². The maximum Gasteiger partial charge on any atom is 0.126 e. The van der Waals surface area contributed by atoms with E-state index in [9.17, 15) is 0 Å². The van der Waals surface area contributed by atoms with E-state index in [0.29, 0.717) is 11.3 Å². The van der Waals surface area contributed by atoms with Gasteiger partial charge in [0.2, 0.25) is 0 Å². The highest BCUT2D eigenvalue weighted by Crippen LogP contribution is 2.40. The van der Waals surface area contributed by atoms with Crippen molar-refractivity contribution in [3.05, 3.63) is 18.2 Å². The Balaban J connectivity index is 2.12. The van der Waals surface area contributed by atoms with E-state index in [2.05, 4.69) is 59.3 Å². The van der Waals surface area contributed by atoms with Crippen LogP contribution in [-0.2, 0) is 7.05 Å². The quantitative estimate of drug-likeness (QED) is 0.914. The molecule has 1 fully saturated rings. The fraction of sp³-hybridized carbons (Fsp3) is 0.750. The zero-order valence-electron chi connectivity index (χ0n) is 10.9. The van der Waals surface area contributed by atoms with Crippen LogP contribution in [0.4, 0.5) is 0 Å². The lowest BCUT2D eigenvalue weighted by molar-refractivity contribution is 0.536. The van der Waals surface area contributed by atoms with Gasteiger partial charge in [-0.05, 0) is 7.05 Å². The molecular weight excluding hydrogens is 250 g/mol. The average Bonchev–Trinajstić information content (AvgIpc) is 2.71. The van der Waals surface area contributed by atoms with E-state index in [1.807, 2.05) is 19.4 Å². The van der Waals surface area contributed by atoms with E-state index in [1.54, 1.807) is 0 Å². The Bertz CT molecular complexity index is 366. The van der Waals surface area contributed by atoms with Gasteiger partial charge in [0.25, 0.3) is 0 Å². The molecule has 0 bridgehead atoms. The molecule has 0 spiro atoms. The minimum atomic E-state index is 0.349. The highest BCUT2D eigenvalue weighted by atomic mass is 32.2. The van der Waals surface area contributed by atoms with Crippen LogP contribution < -0.4 is 5.32 Å². The van der Waals surface area contributed by atoms with E-state index in [-0.39, 0.29) is 0 Å². The Morgan fingerprint density at radius 3 is 2.76 bits per heavy atom. The Hall–Kier alpha value is -0.130. The van der Waals surface area contributed by atoms with Gasteiger partial charge < -0.3 is 9.88 Å². The van der Waals surface area contributed by atoms with Crippen molar-refractivity contribution >= 4 is 23.5 Å². The number of hydrogen-bond acceptors (Lipinski definition) is 4. The Morgan fingerprint density at radius 2 is 2.24 bits per heavy atom. The first kappa shape index (κ1) is 13.3. The number of imidazole rings is 1. The molecule has 5 heteroatoms. The summed E-state index contributed by atoms with van der Waals surface area (Å²) in [4.78, 5) is 4.48. The Labute approximate surface area is 112 Å². The molecule has 1 aliphatic heterocycles. The third-order valence-electron chi connectivity index (χ3n) is 3.39. The van der Waals surface area contributed by atoms with Crippen LogP contribution in [0.15, 0.2) is 12.4 Å². The van der Waals surface area contributed by atoms with Crippen LogP contribution in [0.1, 0.15) is 25.7 Å². The fourth-order valence-corrected chi connectivity index (χ4v) is 5.26. The molecule has 0 radical (unpaired) electrons. The lowest BCUT2D eigenvalue weighted by Gasteiger charge is -2.35. The van der Waals surface area contributed by atoms with E-state index >= 15 is 0 Å². The van der Waals surface area contributed by atoms with Crippen LogP contribution in [0.5, 0.6) is 0 Å². The number of aryl methyl sites for hydroxylation is 1. The van der Waals surface area contributed by atoms with Crippen molar-refractivity contribution in [1.82, 2.24) is 14.9 Å². The highest BCUT2D eigenvalue weighted by molar-refractivity contribution is 8.07. The molecule has 1 saturated heterocycles. The predicted octanol–water partition coefficient (Wildman–Crippen LogP) is 2.31. The normalized spacial score (nSPS) is 31.4. The minimum absolute atomic E-state index is 0.349. The maximum absolute atomic E-state index is 4.48. The highest BCUT2D eigenvalue weighted by Gasteiger charge is 2.32. The molecule has 4 atom stereocenters. The molecule has 3 nitrogen and oxygen atoms in total. The largest absolute Gasteiger partial charge is 0.337 e. The van der Waals surface area contributed by atoms with Crippen molar-refractivity contribution in [2.75, 3.05) is 12.8 Å². The van der Waals surface area contributed by atoms with Gasteiger partial charge in [0.05, 0.1) is 6.04 Å². The van der Waals surface area contributed by atoms with Gasteiger partial charge in [-0.25, -0.2) is 4.98 Å². The molecule has 0 saturated carbocycles. The summed E-state index contributed by atoms with van der Waals surface area (Å²) in [6.07, 6.45) is 3.90. The van der Waals surface area contributed by atoms with Crippen LogP contribution in [0, 0.1) is 0 Å². The van der Waals surface area contributed by atoms with Gasteiger partial charge in [0, 0.05) is 40.9 Å². The first-order valence-electron chi connectivity index (χ1n) is 6.05. The number of aromatic nitrogens is 2. The van der Waals surface area contributed by atoms with Gasteiger partial charge >= 0.3 is 0 Å². The van der Waals surface area contributed by atoms with Crippen LogP contribution >= 0.6 is 23.5 Å². The van der Waals surface area contributed by atoms with E-state index in [4.69, 9.17) is 0 Å². The van der Waals surface area contributed by atoms with Crippen molar-refractivity contribution in [1.29, 1.82) is 0 Å². The second kappa shape index (κ2) is 5.67. The molecule has 0 aliphatic carbocycles. The zero-order chi connectivity index (χ0) is 12.4. The van der Waals surface area contributed by atoms with Crippen LogP contribution in [-0.4, -0.2) is 38.1 Å². The van der Waals surface area contributed by atoms with Crippen LogP contribution in [0.3, 0.4) is 0 Å². The standard InChI is InChI=1S/C12H21N3S2/c1-8-9(2)17-10(7-16-8)11(13-3)12-14-5-6-15(12)4/h5-6,8-11,13H,7H2,1-4H3. The van der Waals surface area contributed by atoms with Crippen molar-refractivity contribution in [3.8, 4) is 0 Å². The first-order valence-corrected chi connectivity index (χ1v) is 8.04. The number of hydrogen-bond donors (Lipinski definition) is 1. The third-order valence-corrected chi connectivity index (χ3v) is 6.89. The van der Waals surface area contributed by atoms with Crippen LogP contribution in [0.25, 0.3) is 0 Å². The third kappa shape index (κ3) is 2.83. The SMILES string of the molecule is CNC(c1nccn1C)C1CSC(C)C(C)S1. The monoisotopic (exact) mass is 271 g/mol. The molecule has 1 aliphatic rings. The summed E-state index contributed by atoms with van der Waals surface area (Å²) < 4.78 is 2.12. The summed E-state index contributed by atoms with van der Waals surface area (Å²) in [7, 11) is 4.10. The average molecular weight is 271 g/mol. The topological polar surface area (TPSA) is 29.9 Å². The summed E-state index contributed by atoms with van der Waals surface area (Å²) in [6.45, 7) is 4.66. The van der Waals surface area contributed by atoms with E-state index < -0.39 is 0 Å².